The average Bonchev–Trinajstić information content (AvgIpc) is 2.82. The molecular weight excluding hydrogens is 516 g/mol. The van der Waals surface area contributed by atoms with E-state index in [2.05, 4.69) is 11.9 Å². The van der Waals surface area contributed by atoms with E-state index in [0.29, 0.717) is 29.1 Å². The van der Waals surface area contributed by atoms with Crippen molar-refractivity contribution in [1.82, 2.24) is 5.32 Å². The van der Waals surface area contributed by atoms with Gasteiger partial charge >= 0.3 is 0 Å². The number of thioether (sulfide) groups is 1. The second kappa shape index (κ2) is 10.8. The van der Waals surface area contributed by atoms with Gasteiger partial charge in [0.05, 0.1) is 17.5 Å². The van der Waals surface area contributed by atoms with Crippen molar-refractivity contribution in [3.63, 3.8) is 0 Å². The van der Waals surface area contributed by atoms with Crippen molar-refractivity contribution >= 4 is 40.9 Å². The van der Waals surface area contributed by atoms with Crippen LogP contribution in [0, 0.1) is 23.3 Å². The number of halogens is 5. The van der Waals surface area contributed by atoms with Gasteiger partial charge in [0, 0.05) is 45.3 Å². The van der Waals surface area contributed by atoms with E-state index < -0.39 is 46.5 Å². The molecule has 4 nitrogen and oxygen atoms in total. The first-order valence-electron chi connectivity index (χ1n) is 10.8. The number of hydrogen-bond donors (Lipinski definition) is 1. The van der Waals surface area contributed by atoms with Crippen molar-refractivity contribution < 1.29 is 27.2 Å². The van der Waals surface area contributed by atoms with Gasteiger partial charge in [-0.05, 0) is 36.8 Å². The van der Waals surface area contributed by atoms with Gasteiger partial charge in [-0.3, -0.25) is 9.59 Å². The van der Waals surface area contributed by atoms with Crippen LogP contribution in [0.5, 0.6) is 0 Å². The molecule has 1 unspecified atom stereocenters. The molecule has 0 saturated heterocycles. The average molecular weight is 535 g/mol. The van der Waals surface area contributed by atoms with Gasteiger partial charge in [0.2, 0.25) is 5.91 Å². The Morgan fingerprint density at radius 3 is 2.44 bits per heavy atom. The van der Waals surface area contributed by atoms with Crippen molar-refractivity contribution in [1.29, 1.82) is 0 Å². The second-order valence-electron chi connectivity index (χ2n) is 7.97. The standard InChI is InChI=1S/C26H19ClF4N2O2S/c1-2-4-24-26(35)33(13-17-18(27)5-3-6-19(17)29)22-9-14(7-8-23(22)36-24)25(34)32-12-16-20(30)10-15(28)11-21(16)31/h2-3,5-11,24H,1,4,12-13H2,(H,32,34). The van der Waals surface area contributed by atoms with Gasteiger partial charge in [-0.2, -0.15) is 0 Å². The summed E-state index contributed by atoms with van der Waals surface area (Å²) < 4.78 is 55.5. The molecule has 0 fully saturated rings. The maximum atomic E-state index is 14.5. The lowest BCUT2D eigenvalue weighted by molar-refractivity contribution is -0.118. The molecule has 0 radical (unpaired) electrons. The van der Waals surface area contributed by atoms with Crippen molar-refractivity contribution in [3.05, 3.63) is 106 Å². The predicted molar refractivity (Wildman–Crippen MR) is 131 cm³/mol. The minimum absolute atomic E-state index is 0.108. The van der Waals surface area contributed by atoms with Crippen LogP contribution in [0.1, 0.15) is 27.9 Å². The first kappa shape index (κ1) is 25.8. The largest absolute Gasteiger partial charge is 0.348 e. The number of carbonyl (C=O) groups excluding carboxylic acids is 2. The molecule has 0 spiro atoms. The van der Waals surface area contributed by atoms with E-state index >= 15 is 0 Å². The van der Waals surface area contributed by atoms with E-state index in [4.69, 9.17) is 11.6 Å². The molecule has 10 heteroatoms. The summed E-state index contributed by atoms with van der Waals surface area (Å²) in [5.74, 6) is -4.87. The molecule has 1 heterocycles. The van der Waals surface area contributed by atoms with Gasteiger partial charge in [0.25, 0.3) is 5.91 Å². The van der Waals surface area contributed by atoms with E-state index in [0.717, 1.165) is 0 Å². The molecule has 0 aliphatic carbocycles. The summed E-state index contributed by atoms with van der Waals surface area (Å²) in [6, 6.07) is 9.87. The van der Waals surface area contributed by atoms with E-state index in [-0.39, 0.29) is 28.6 Å². The smallest absolute Gasteiger partial charge is 0.251 e. The molecule has 3 aromatic rings. The molecule has 1 aliphatic rings. The van der Waals surface area contributed by atoms with Crippen LogP contribution in [0.2, 0.25) is 5.02 Å². The molecule has 2 amide bonds. The number of anilines is 1. The van der Waals surface area contributed by atoms with Crippen LogP contribution in [0.3, 0.4) is 0 Å². The summed E-state index contributed by atoms with van der Waals surface area (Å²) in [4.78, 5) is 28.1. The van der Waals surface area contributed by atoms with E-state index in [1.54, 1.807) is 12.1 Å². The molecule has 0 bridgehead atoms. The Morgan fingerprint density at radius 2 is 1.78 bits per heavy atom. The van der Waals surface area contributed by atoms with Crippen LogP contribution in [0.15, 0.2) is 66.1 Å². The number of allylic oxidation sites excluding steroid dienone is 1. The number of amides is 2. The van der Waals surface area contributed by atoms with Crippen LogP contribution in [0.25, 0.3) is 0 Å². The molecule has 1 atom stereocenters. The summed E-state index contributed by atoms with van der Waals surface area (Å²) in [6.07, 6.45) is 1.99. The lowest BCUT2D eigenvalue weighted by atomic mass is 10.1. The fraction of sp³-hybridized carbons (Fsp3) is 0.154. The second-order valence-corrected chi connectivity index (χ2v) is 9.62. The minimum atomic E-state index is -1.12. The maximum Gasteiger partial charge on any atom is 0.251 e. The quantitative estimate of drug-likeness (QED) is 0.281. The van der Waals surface area contributed by atoms with E-state index in [9.17, 15) is 27.2 Å². The molecule has 4 rings (SSSR count). The van der Waals surface area contributed by atoms with Crippen LogP contribution >= 0.6 is 23.4 Å². The Balaban J connectivity index is 1.64. The number of nitrogens with one attached hydrogen (secondary N) is 1. The van der Waals surface area contributed by atoms with Crippen molar-refractivity contribution in [2.75, 3.05) is 4.90 Å². The minimum Gasteiger partial charge on any atom is -0.348 e. The van der Waals surface area contributed by atoms with Gasteiger partial charge in [0.15, 0.2) is 0 Å². The summed E-state index contributed by atoms with van der Waals surface area (Å²) in [5, 5.41) is 2.06. The number of rotatable bonds is 7. The first-order valence-corrected chi connectivity index (χ1v) is 12.0. The fourth-order valence-corrected chi connectivity index (χ4v) is 5.21. The summed E-state index contributed by atoms with van der Waals surface area (Å²) in [5.41, 5.74) is 0.115. The van der Waals surface area contributed by atoms with Gasteiger partial charge in [0.1, 0.15) is 23.3 Å². The maximum absolute atomic E-state index is 14.5. The van der Waals surface area contributed by atoms with E-state index in [1.165, 1.54) is 47.0 Å². The summed E-state index contributed by atoms with van der Waals surface area (Å²) in [6.45, 7) is 3.01. The summed E-state index contributed by atoms with van der Waals surface area (Å²) in [7, 11) is 0. The number of nitrogens with zero attached hydrogens (tertiary/aromatic N) is 1. The van der Waals surface area contributed by atoms with Crippen molar-refractivity contribution in [2.24, 2.45) is 0 Å². The number of benzene rings is 3. The Bertz CT molecular complexity index is 1320. The van der Waals surface area contributed by atoms with Gasteiger partial charge < -0.3 is 10.2 Å². The first-order chi connectivity index (χ1) is 17.2. The van der Waals surface area contributed by atoms with Gasteiger partial charge in [-0.15, -0.1) is 18.3 Å². The Labute approximate surface area is 213 Å². The third kappa shape index (κ3) is 5.27. The van der Waals surface area contributed by atoms with Crippen molar-refractivity contribution in [2.45, 2.75) is 29.7 Å². The molecule has 36 heavy (non-hydrogen) atoms. The third-order valence-corrected chi connectivity index (χ3v) is 7.24. The number of fused-ring (bicyclic) bond motifs is 1. The highest BCUT2D eigenvalue weighted by Crippen LogP contribution is 2.42. The lowest BCUT2D eigenvalue weighted by Crippen LogP contribution is -2.40. The molecule has 0 aromatic heterocycles. The highest BCUT2D eigenvalue weighted by atomic mass is 35.5. The predicted octanol–water partition coefficient (Wildman–Crippen LogP) is 6.41. The zero-order valence-corrected chi connectivity index (χ0v) is 20.2. The van der Waals surface area contributed by atoms with Crippen molar-refractivity contribution in [3.8, 4) is 0 Å². The highest BCUT2D eigenvalue weighted by Gasteiger charge is 2.34. The number of hydrogen-bond acceptors (Lipinski definition) is 3. The Morgan fingerprint density at radius 1 is 1.06 bits per heavy atom. The summed E-state index contributed by atoms with van der Waals surface area (Å²) >= 11 is 7.48. The molecule has 3 aromatic carbocycles. The molecule has 1 aliphatic heterocycles. The molecule has 0 saturated carbocycles. The van der Waals surface area contributed by atoms with Crippen LogP contribution in [0.4, 0.5) is 23.2 Å². The van der Waals surface area contributed by atoms with Crippen LogP contribution in [-0.4, -0.2) is 17.1 Å². The topological polar surface area (TPSA) is 49.4 Å². The SMILES string of the molecule is C=CCC1Sc2ccc(C(=O)NCc3c(F)cc(F)cc3F)cc2N(Cc2c(F)cccc2Cl)C1=O. The molecule has 1 N–H and O–H groups in total. The molecule has 186 valence electrons. The normalized spacial score (nSPS) is 15.0. The Kier molecular flexibility index (Phi) is 7.70. The van der Waals surface area contributed by atoms with Crippen LogP contribution < -0.4 is 10.2 Å². The van der Waals surface area contributed by atoms with E-state index in [1.807, 2.05) is 0 Å². The number of carbonyl (C=O) groups is 2. The Hall–Kier alpha value is -3.30. The van der Waals surface area contributed by atoms with Gasteiger partial charge in [-0.25, -0.2) is 17.6 Å². The van der Waals surface area contributed by atoms with Crippen LogP contribution in [-0.2, 0) is 17.9 Å². The fourth-order valence-electron chi connectivity index (χ4n) is 3.78. The lowest BCUT2D eigenvalue weighted by Gasteiger charge is -2.34. The molecular formula is C26H19ClF4N2O2S. The zero-order chi connectivity index (χ0) is 26.0. The highest BCUT2D eigenvalue weighted by molar-refractivity contribution is 8.01. The monoisotopic (exact) mass is 534 g/mol. The van der Waals surface area contributed by atoms with Gasteiger partial charge in [-0.1, -0.05) is 23.7 Å². The third-order valence-electron chi connectivity index (χ3n) is 5.61. The zero-order valence-electron chi connectivity index (χ0n) is 18.7.